The Kier molecular flexibility index (Phi) is 4.74. The molecule has 1 N–H and O–H groups in total. The van der Waals surface area contributed by atoms with Crippen molar-refractivity contribution in [2.75, 3.05) is 40.4 Å². The minimum atomic E-state index is -3.33. The Labute approximate surface area is 164 Å². The van der Waals surface area contributed by atoms with E-state index < -0.39 is 10.0 Å². The van der Waals surface area contributed by atoms with Crippen LogP contribution < -0.4 is 14.5 Å². The molecule has 4 rings (SSSR count). The van der Waals surface area contributed by atoms with Crippen LogP contribution in [0.2, 0.25) is 0 Å². The van der Waals surface area contributed by atoms with E-state index in [-0.39, 0.29) is 11.7 Å². The monoisotopic (exact) mass is 403 g/mol. The Morgan fingerprint density at radius 1 is 1.04 bits per heavy atom. The maximum absolute atomic E-state index is 14.4. The summed E-state index contributed by atoms with van der Waals surface area (Å²) >= 11 is 0. The molecule has 1 amide bonds. The third kappa shape index (κ3) is 3.56. The summed E-state index contributed by atoms with van der Waals surface area (Å²) in [4.78, 5) is 14.6. The van der Waals surface area contributed by atoms with Crippen molar-refractivity contribution in [3.8, 4) is 0 Å². The lowest BCUT2D eigenvalue weighted by Crippen LogP contribution is -2.27. The van der Waals surface area contributed by atoms with Gasteiger partial charge in [0.25, 0.3) is 5.91 Å². The van der Waals surface area contributed by atoms with Crippen molar-refractivity contribution in [3.05, 3.63) is 53.3 Å². The van der Waals surface area contributed by atoms with Crippen molar-refractivity contribution in [3.63, 3.8) is 0 Å². The fourth-order valence-electron chi connectivity index (χ4n) is 3.86. The summed E-state index contributed by atoms with van der Waals surface area (Å²) in [6.07, 6.45) is 3.85. The molecule has 148 valence electrons. The molecule has 8 heteroatoms. The van der Waals surface area contributed by atoms with Crippen LogP contribution in [0, 0.1) is 5.82 Å². The zero-order valence-electron chi connectivity index (χ0n) is 15.6. The largest absolute Gasteiger partial charge is 0.369 e. The third-order valence-electron chi connectivity index (χ3n) is 5.25. The number of rotatable bonds is 4. The molecule has 0 bridgehead atoms. The molecule has 0 aliphatic carbocycles. The van der Waals surface area contributed by atoms with E-state index >= 15 is 0 Å². The minimum Gasteiger partial charge on any atom is -0.369 e. The van der Waals surface area contributed by atoms with Gasteiger partial charge in [0.1, 0.15) is 5.82 Å². The van der Waals surface area contributed by atoms with E-state index in [0.717, 1.165) is 31.5 Å². The molecular weight excluding hydrogens is 381 g/mol. The number of amides is 1. The molecule has 1 saturated heterocycles. The number of carbonyl (C=O) groups is 1. The number of nitrogens with zero attached hydrogens (tertiary/aromatic N) is 2. The van der Waals surface area contributed by atoms with E-state index in [2.05, 4.69) is 5.32 Å². The fraction of sp³-hybridized carbons (Fsp3) is 0.350. The second kappa shape index (κ2) is 7.09. The highest BCUT2D eigenvalue weighted by atomic mass is 32.2. The zero-order chi connectivity index (χ0) is 19.9. The van der Waals surface area contributed by atoms with Crippen molar-refractivity contribution in [2.45, 2.75) is 19.3 Å². The first-order chi connectivity index (χ1) is 13.3. The van der Waals surface area contributed by atoms with E-state index in [9.17, 15) is 17.6 Å². The summed E-state index contributed by atoms with van der Waals surface area (Å²) in [6.45, 7) is 2.08. The Balaban J connectivity index is 1.51. The Morgan fingerprint density at radius 3 is 2.43 bits per heavy atom. The van der Waals surface area contributed by atoms with E-state index in [4.69, 9.17) is 0 Å². The van der Waals surface area contributed by atoms with Gasteiger partial charge in [-0.15, -0.1) is 0 Å². The van der Waals surface area contributed by atoms with E-state index in [1.165, 1.54) is 16.6 Å². The molecule has 2 aliphatic heterocycles. The van der Waals surface area contributed by atoms with Crippen molar-refractivity contribution < 1.29 is 17.6 Å². The molecule has 0 saturated carbocycles. The minimum absolute atomic E-state index is 0.350. The van der Waals surface area contributed by atoms with Crippen LogP contribution in [0.5, 0.6) is 0 Å². The summed E-state index contributed by atoms with van der Waals surface area (Å²) in [5.41, 5.74) is 2.80. The van der Waals surface area contributed by atoms with Crippen LogP contribution in [-0.2, 0) is 16.4 Å². The molecule has 0 atom stereocenters. The highest BCUT2D eigenvalue weighted by molar-refractivity contribution is 7.92. The first-order valence-corrected chi connectivity index (χ1v) is 11.1. The summed E-state index contributed by atoms with van der Waals surface area (Å²) in [5.74, 6) is -0.702. The summed E-state index contributed by atoms with van der Waals surface area (Å²) < 4.78 is 39.4. The van der Waals surface area contributed by atoms with Crippen LogP contribution in [0.15, 0.2) is 36.4 Å². The highest BCUT2D eigenvalue weighted by Gasteiger charge is 2.26. The molecule has 0 unspecified atom stereocenters. The predicted molar refractivity (Wildman–Crippen MR) is 108 cm³/mol. The maximum Gasteiger partial charge on any atom is 0.255 e. The molecule has 2 aliphatic rings. The summed E-state index contributed by atoms with van der Waals surface area (Å²) in [7, 11) is -3.33. The number of nitrogens with one attached hydrogen (secondary N) is 1. The topological polar surface area (TPSA) is 69.7 Å². The number of carbonyl (C=O) groups excluding carboxylic acids is 1. The van der Waals surface area contributed by atoms with Gasteiger partial charge < -0.3 is 10.2 Å². The average Bonchev–Trinajstić information content (AvgIpc) is 3.30. The smallest absolute Gasteiger partial charge is 0.255 e. The van der Waals surface area contributed by atoms with E-state index in [1.807, 2.05) is 4.90 Å². The molecule has 2 heterocycles. The summed E-state index contributed by atoms with van der Waals surface area (Å²) in [6, 6.07) is 9.67. The van der Waals surface area contributed by atoms with Crippen molar-refractivity contribution >= 4 is 33.0 Å². The molecule has 0 aromatic heterocycles. The molecular formula is C20H22FN3O3S. The van der Waals surface area contributed by atoms with Gasteiger partial charge in [0.15, 0.2) is 0 Å². The quantitative estimate of drug-likeness (QED) is 0.852. The number of sulfonamides is 1. The predicted octanol–water partition coefficient (Wildman–Crippen LogP) is 3.00. The first-order valence-electron chi connectivity index (χ1n) is 9.29. The van der Waals surface area contributed by atoms with Gasteiger partial charge in [-0.1, -0.05) is 0 Å². The van der Waals surface area contributed by atoms with Gasteiger partial charge in [0.05, 0.1) is 17.6 Å². The van der Waals surface area contributed by atoms with Gasteiger partial charge in [-0.2, -0.15) is 0 Å². The molecule has 1 fully saturated rings. The van der Waals surface area contributed by atoms with Crippen molar-refractivity contribution in [1.82, 2.24) is 0 Å². The molecule has 28 heavy (non-hydrogen) atoms. The van der Waals surface area contributed by atoms with Crippen LogP contribution in [0.1, 0.15) is 28.8 Å². The molecule has 0 spiro atoms. The second-order valence-electron chi connectivity index (χ2n) is 7.24. The van der Waals surface area contributed by atoms with Crippen LogP contribution in [-0.4, -0.2) is 40.2 Å². The number of anilines is 3. The SMILES string of the molecule is CS(=O)(=O)N1CCc2cc(C(=O)Nc3ccc(N4CCCC4)c(F)c3)ccc21. The second-order valence-corrected chi connectivity index (χ2v) is 9.15. The van der Waals surface area contributed by atoms with Gasteiger partial charge in [-0.05, 0) is 61.2 Å². The number of fused-ring (bicyclic) bond motifs is 1. The lowest BCUT2D eigenvalue weighted by Gasteiger charge is -2.19. The molecule has 2 aromatic rings. The number of benzene rings is 2. The van der Waals surface area contributed by atoms with Crippen LogP contribution in [0.25, 0.3) is 0 Å². The van der Waals surface area contributed by atoms with E-state index in [1.54, 1.807) is 30.3 Å². The standard InChI is InChI=1S/C20H22FN3O3S/c1-28(26,27)24-11-8-14-12-15(4-6-18(14)24)20(25)22-16-5-7-19(17(21)13-16)23-9-2-3-10-23/h4-7,12-13H,2-3,8-11H2,1H3,(H,22,25). The average molecular weight is 403 g/mol. The first kappa shape index (κ1) is 18.7. The normalized spacial score (nSPS) is 16.4. The van der Waals surface area contributed by atoms with Gasteiger partial charge in [0, 0.05) is 30.9 Å². The lowest BCUT2D eigenvalue weighted by molar-refractivity contribution is 0.102. The van der Waals surface area contributed by atoms with Crippen LogP contribution in [0.3, 0.4) is 0 Å². The van der Waals surface area contributed by atoms with Crippen LogP contribution >= 0.6 is 0 Å². The molecule has 2 aromatic carbocycles. The number of hydrogen-bond acceptors (Lipinski definition) is 4. The van der Waals surface area contributed by atoms with E-state index in [0.29, 0.717) is 35.6 Å². The number of halogens is 1. The number of hydrogen-bond donors (Lipinski definition) is 1. The maximum atomic E-state index is 14.4. The Hall–Kier alpha value is -2.61. The van der Waals surface area contributed by atoms with Crippen LogP contribution in [0.4, 0.5) is 21.5 Å². The van der Waals surface area contributed by atoms with Gasteiger partial charge in [-0.3, -0.25) is 9.10 Å². The molecule has 0 radical (unpaired) electrons. The van der Waals surface area contributed by atoms with Crippen molar-refractivity contribution in [1.29, 1.82) is 0 Å². The fourth-order valence-corrected chi connectivity index (χ4v) is 4.82. The Bertz CT molecular complexity index is 1030. The summed E-state index contributed by atoms with van der Waals surface area (Å²) in [5, 5.41) is 2.72. The van der Waals surface area contributed by atoms with Gasteiger partial charge >= 0.3 is 0 Å². The zero-order valence-corrected chi connectivity index (χ0v) is 16.4. The van der Waals surface area contributed by atoms with Gasteiger partial charge in [0.2, 0.25) is 10.0 Å². The van der Waals surface area contributed by atoms with Gasteiger partial charge in [-0.25, -0.2) is 12.8 Å². The third-order valence-corrected chi connectivity index (χ3v) is 6.43. The highest BCUT2D eigenvalue weighted by Crippen LogP contribution is 2.31. The Morgan fingerprint density at radius 2 is 1.75 bits per heavy atom. The van der Waals surface area contributed by atoms with Crippen molar-refractivity contribution in [2.24, 2.45) is 0 Å². The molecule has 6 nitrogen and oxygen atoms in total. The lowest BCUT2D eigenvalue weighted by atomic mass is 10.1.